The summed E-state index contributed by atoms with van der Waals surface area (Å²) in [6.07, 6.45) is 1.46. The van der Waals surface area contributed by atoms with Crippen molar-refractivity contribution in [2.24, 2.45) is 0 Å². The number of rotatable bonds is 7. The number of ether oxygens (including phenoxy) is 1. The molecule has 4 aromatic rings. The van der Waals surface area contributed by atoms with Crippen LogP contribution in [-0.4, -0.2) is 37.4 Å². The van der Waals surface area contributed by atoms with Crippen molar-refractivity contribution in [3.05, 3.63) is 78.2 Å². The SMILES string of the molecule is CS(=O)(=O)c1ccc(Cc2nnc(NC(=O)COc3ccc4ccccc4c3)o2)cc1. The molecule has 0 spiro atoms. The molecule has 3 aromatic carbocycles. The molecule has 158 valence electrons. The Morgan fingerprint density at radius 3 is 2.48 bits per heavy atom. The summed E-state index contributed by atoms with van der Waals surface area (Å²) in [6, 6.07) is 19.8. The van der Waals surface area contributed by atoms with E-state index in [0.717, 1.165) is 22.6 Å². The highest BCUT2D eigenvalue weighted by Crippen LogP contribution is 2.20. The topological polar surface area (TPSA) is 111 Å². The normalized spacial score (nSPS) is 11.4. The lowest BCUT2D eigenvalue weighted by atomic mass is 10.1. The molecule has 4 rings (SSSR count). The second kappa shape index (κ2) is 8.57. The van der Waals surface area contributed by atoms with Gasteiger partial charge >= 0.3 is 6.01 Å². The number of amides is 1. The maximum atomic E-state index is 12.1. The summed E-state index contributed by atoms with van der Waals surface area (Å²) < 4.78 is 34.0. The van der Waals surface area contributed by atoms with Crippen molar-refractivity contribution in [1.82, 2.24) is 10.2 Å². The van der Waals surface area contributed by atoms with Gasteiger partial charge < -0.3 is 9.15 Å². The van der Waals surface area contributed by atoms with Crippen molar-refractivity contribution in [2.75, 3.05) is 18.2 Å². The number of benzene rings is 3. The minimum Gasteiger partial charge on any atom is -0.484 e. The van der Waals surface area contributed by atoms with E-state index in [9.17, 15) is 13.2 Å². The highest BCUT2D eigenvalue weighted by Gasteiger charge is 2.12. The first-order valence-electron chi connectivity index (χ1n) is 9.40. The van der Waals surface area contributed by atoms with Gasteiger partial charge in [0.2, 0.25) is 5.89 Å². The predicted octanol–water partition coefficient (Wildman–Crippen LogP) is 3.23. The molecule has 0 saturated carbocycles. The summed E-state index contributed by atoms with van der Waals surface area (Å²) in [5, 5.41) is 12.3. The van der Waals surface area contributed by atoms with Gasteiger partial charge in [-0.3, -0.25) is 10.1 Å². The highest BCUT2D eigenvalue weighted by atomic mass is 32.2. The van der Waals surface area contributed by atoms with Gasteiger partial charge in [-0.25, -0.2) is 8.42 Å². The Morgan fingerprint density at radius 2 is 1.74 bits per heavy atom. The van der Waals surface area contributed by atoms with Crippen molar-refractivity contribution < 1.29 is 22.4 Å². The standard InChI is InChI=1S/C22H19N3O5S/c1-31(27,28)19-10-6-15(7-11-19)12-21-24-25-22(30-21)23-20(26)14-29-18-9-8-16-4-2-3-5-17(16)13-18/h2-11,13H,12,14H2,1H3,(H,23,25,26). The number of fused-ring (bicyclic) bond motifs is 1. The number of hydrogen-bond donors (Lipinski definition) is 1. The summed E-state index contributed by atoms with van der Waals surface area (Å²) in [6.45, 7) is -0.205. The van der Waals surface area contributed by atoms with Crippen LogP contribution in [0.3, 0.4) is 0 Å². The van der Waals surface area contributed by atoms with E-state index >= 15 is 0 Å². The summed E-state index contributed by atoms with van der Waals surface area (Å²) in [7, 11) is -3.25. The number of hydrogen-bond acceptors (Lipinski definition) is 7. The first-order valence-corrected chi connectivity index (χ1v) is 11.3. The monoisotopic (exact) mass is 437 g/mol. The van der Waals surface area contributed by atoms with Crippen LogP contribution in [0, 0.1) is 0 Å². The molecule has 1 N–H and O–H groups in total. The Balaban J connectivity index is 1.32. The zero-order valence-corrected chi connectivity index (χ0v) is 17.4. The van der Waals surface area contributed by atoms with E-state index in [-0.39, 0.29) is 23.4 Å². The average Bonchev–Trinajstić information content (AvgIpc) is 3.18. The Bertz CT molecular complexity index is 1330. The van der Waals surface area contributed by atoms with E-state index in [1.807, 2.05) is 36.4 Å². The van der Waals surface area contributed by atoms with E-state index in [1.165, 1.54) is 12.1 Å². The van der Waals surface area contributed by atoms with Crippen LogP contribution >= 0.6 is 0 Å². The van der Waals surface area contributed by atoms with Gasteiger partial charge in [0.1, 0.15) is 5.75 Å². The van der Waals surface area contributed by atoms with Gasteiger partial charge in [0.15, 0.2) is 16.4 Å². The van der Waals surface area contributed by atoms with Gasteiger partial charge in [-0.1, -0.05) is 47.6 Å². The number of nitrogens with one attached hydrogen (secondary N) is 1. The zero-order chi connectivity index (χ0) is 21.8. The lowest BCUT2D eigenvalue weighted by Gasteiger charge is -2.06. The average molecular weight is 437 g/mol. The third-order valence-corrected chi connectivity index (χ3v) is 5.64. The molecule has 0 bridgehead atoms. The van der Waals surface area contributed by atoms with Crippen molar-refractivity contribution in [1.29, 1.82) is 0 Å². The van der Waals surface area contributed by atoms with E-state index in [0.29, 0.717) is 12.2 Å². The molecule has 0 saturated heterocycles. The van der Waals surface area contributed by atoms with Gasteiger partial charge in [0, 0.05) is 6.26 Å². The van der Waals surface area contributed by atoms with Gasteiger partial charge in [-0.05, 0) is 40.6 Å². The fourth-order valence-corrected chi connectivity index (χ4v) is 3.60. The van der Waals surface area contributed by atoms with Crippen LogP contribution in [-0.2, 0) is 21.1 Å². The molecular weight excluding hydrogens is 418 g/mol. The molecule has 0 radical (unpaired) electrons. The molecule has 0 aliphatic rings. The molecule has 0 aliphatic heterocycles. The zero-order valence-electron chi connectivity index (χ0n) is 16.6. The summed E-state index contributed by atoms with van der Waals surface area (Å²) >= 11 is 0. The smallest absolute Gasteiger partial charge is 0.322 e. The number of carbonyl (C=O) groups excluding carboxylic acids is 1. The third kappa shape index (κ3) is 5.26. The minimum absolute atomic E-state index is 0.0325. The van der Waals surface area contributed by atoms with Crippen LogP contribution in [0.4, 0.5) is 6.01 Å². The first kappa shape index (κ1) is 20.5. The fourth-order valence-electron chi connectivity index (χ4n) is 2.97. The lowest BCUT2D eigenvalue weighted by Crippen LogP contribution is -2.20. The van der Waals surface area contributed by atoms with Gasteiger partial charge in [0.25, 0.3) is 5.91 Å². The lowest BCUT2D eigenvalue weighted by molar-refractivity contribution is -0.118. The van der Waals surface area contributed by atoms with Crippen LogP contribution in [0.5, 0.6) is 5.75 Å². The maximum Gasteiger partial charge on any atom is 0.322 e. The van der Waals surface area contributed by atoms with Crippen molar-refractivity contribution in [2.45, 2.75) is 11.3 Å². The Morgan fingerprint density at radius 1 is 1.00 bits per heavy atom. The quantitative estimate of drug-likeness (QED) is 0.472. The molecule has 1 heterocycles. The van der Waals surface area contributed by atoms with Crippen molar-refractivity contribution >= 4 is 32.5 Å². The highest BCUT2D eigenvalue weighted by molar-refractivity contribution is 7.90. The molecule has 8 nitrogen and oxygen atoms in total. The van der Waals surface area contributed by atoms with Gasteiger partial charge in [-0.15, -0.1) is 5.10 Å². The maximum absolute atomic E-state index is 12.1. The van der Waals surface area contributed by atoms with Gasteiger partial charge in [-0.2, -0.15) is 0 Å². The van der Waals surface area contributed by atoms with Crippen LogP contribution in [0.2, 0.25) is 0 Å². The molecule has 1 aromatic heterocycles. The van der Waals surface area contributed by atoms with E-state index in [1.54, 1.807) is 18.2 Å². The van der Waals surface area contributed by atoms with Crippen LogP contribution in [0.15, 0.2) is 76.0 Å². The summed E-state index contributed by atoms with van der Waals surface area (Å²) in [5.41, 5.74) is 0.800. The van der Waals surface area contributed by atoms with E-state index in [4.69, 9.17) is 9.15 Å². The van der Waals surface area contributed by atoms with Crippen molar-refractivity contribution in [3.63, 3.8) is 0 Å². The molecule has 0 atom stereocenters. The Labute approximate surface area is 178 Å². The van der Waals surface area contributed by atoms with Gasteiger partial charge in [0.05, 0.1) is 11.3 Å². The van der Waals surface area contributed by atoms with Crippen LogP contribution < -0.4 is 10.1 Å². The summed E-state index contributed by atoms with van der Waals surface area (Å²) in [4.78, 5) is 12.4. The number of aromatic nitrogens is 2. The van der Waals surface area contributed by atoms with Crippen LogP contribution in [0.1, 0.15) is 11.5 Å². The minimum atomic E-state index is -3.25. The molecule has 0 fully saturated rings. The molecular formula is C22H19N3O5S. The first-order chi connectivity index (χ1) is 14.9. The second-order valence-corrected chi connectivity index (χ2v) is 8.96. The largest absolute Gasteiger partial charge is 0.484 e. The molecule has 0 unspecified atom stereocenters. The number of anilines is 1. The Hall–Kier alpha value is -3.72. The third-order valence-electron chi connectivity index (χ3n) is 4.51. The Kier molecular flexibility index (Phi) is 5.68. The number of carbonyl (C=O) groups is 1. The second-order valence-electron chi connectivity index (χ2n) is 6.94. The van der Waals surface area contributed by atoms with E-state index in [2.05, 4.69) is 15.5 Å². The van der Waals surface area contributed by atoms with Crippen LogP contribution in [0.25, 0.3) is 10.8 Å². The fraction of sp³-hybridized carbons (Fsp3) is 0.136. The predicted molar refractivity (Wildman–Crippen MR) is 115 cm³/mol. The molecule has 9 heteroatoms. The summed E-state index contributed by atoms with van der Waals surface area (Å²) in [5.74, 6) is 0.441. The molecule has 31 heavy (non-hydrogen) atoms. The molecule has 0 aliphatic carbocycles. The van der Waals surface area contributed by atoms with Crippen molar-refractivity contribution in [3.8, 4) is 5.75 Å². The number of sulfone groups is 1. The van der Waals surface area contributed by atoms with E-state index < -0.39 is 15.7 Å². The number of nitrogens with zero attached hydrogens (tertiary/aromatic N) is 2. The molecule has 1 amide bonds.